The van der Waals surface area contributed by atoms with Crippen LogP contribution in [0.2, 0.25) is 0 Å². The molecular weight excluding hydrogens is 384 g/mol. The molecule has 0 aliphatic heterocycles. The third-order valence-electron chi connectivity index (χ3n) is 3.78. The van der Waals surface area contributed by atoms with Crippen molar-refractivity contribution in [2.45, 2.75) is 20.5 Å². The minimum absolute atomic E-state index is 0.167. The molecule has 0 aliphatic rings. The number of anilines is 1. The van der Waals surface area contributed by atoms with Gasteiger partial charge in [0.2, 0.25) is 0 Å². The molecule has 0 spiro atoms. The summed E-state index contributed by atoms with van der Waals surface area (Å²) in [5, 5.41) is 6.75. The Morgan fingerprint density at radius 2 is 1.80 bits per heavy atom. The Morgan fingerprint density at radius 1 is 1.12 bits per heavy atom. The van der Waals surface area contributed by atoms with Crippen molar-refractivity contribution in [2.24, 2.45) is 0 Å². The lowest BCUT2D eigenvalue weighted by Gasteiger charge is -2.08. The predicted octanol–water partition coefficient (Wildman–Crippen LogP) is 4.89. The van der Waals surface area contributed by atoms with Gasteiger partial charge in [0.05, 0.1) is 11.3 Å². The van der Waals surface area contributed by atoms with Gasteiger partial charge in [-0.1, -0.05) is 21.1 Å². The zero-order valence-electron chi connectivity index (χ0n) is 13.9. The van der Waals surface area contributed by atoms with Crippen LogP contribution < -0.4 is 10.1 Å². The number of rotatable bonds is 5. The molecule has 1 aromatic heterocycles. The van der Waals surface area contributed by atoms with Crippen LogP contribution in [0.4, 0.5) is 5.69 Å². The van der Waals surface area contributed by atoms with Gasteiger partial charge in [0.15, 0.2) is 0 Å². The van der Waals surface area contributed by atoms with Crippen LogP contribution in [0.5, 0.6) is 5.75 Å². The number of halogens is 1. The molecule has 0 bridgehead atoms. The van der Waals surface area contributed by atoms with Crippen LogP contribution in [0.15, 0.2) is 57.5 Å². The predicted molar refractivity (Wildman–Crippen MR) is 98.8 cm³/mol. The highest BCUT2D eigenvalue weighted by molar-refractivity contribution is 9.10. The van der Waals surface area contributed by atoms with E-state index < -0.39 is 0 Å². The molecule has 128 valence electrons. The molecule has 0 saturated carbocycles. The largest absolute Gasteiger partial charge is 0.489 e. The zero-order chi connectivity index (χ0) is 17.8. The Hall–Kier alpha value is -2.60. The van der Waals surface area contributed by atoms with Gasteiger partial charge < -0.3 is 14.6 Å². The molecule has 6 heteroatoms. The molecule has 1 heterocycles. The second-order valence-electron chi connectivity index (χ2n) is 5.58. The minimum atomic E-state index is -0.167. The van der Waals surface area contributed by atoms with Gasteiger partial charge in [-0.3, -0.25) is 4.79 Å². The number of nitrogens with one attached hydrogen (secondary N) is 1. The summed E-state index contributed by atoms with van der Waals surface area (Å²) in [5.41, 5.74) is 3.07. The first kappa shape index (κ1) is 17.2. The van der Waals surface area contributed by atoms with Gasteiger partial charge in [0, 0.05) is 15.7 Å². The average Bonchev–Trinajstić information content (AvgIpc) is 2.93. The second-order valence-corrected chi connectivity index (χ2v) is 6.49. The van der Waals surface area contributed by atoms with E-state index in [0.29, 0.717) is 17.9 Å². The third kappa shape index (κ3) is 4.28. The van der Waals surface area contributed by atoms with E-state index in [1.165, 1.54) is 0 Å². The zero-order valence-corrected chi connectivity index (χ0v) is 15.5. The number of hydrogen-bond acceptors (Lipinski definition) is 4. The maximum absolute atomic E-state index is 12.3. The molecule has 0 aliphatic carbocycles. The number of carbonyl (C=O) groups is 1. The van der Waals surface area contributed by atoms with Crippen molar-refractivity contribution in [3.63, 3.8) is 0 Å². The molecule has 0 unspecified atom stereocenters. The molecule has 1 N–H and O–H groups in total. The van der Waals surface area contributed by atoms with Crippen molar-refractivity contribution in [3.05, 3.63) is 75.6 Å². The first-order valence-electron chi connectivity index (χ1n) is 7.74. The molecule has 0 fully saturated rings. The number of aryl methyl sites for hydroxylation is 2. The molecule has 1 amide bonds. The maximum Gasteiger partial charge on any atom is 0.255 e. The Bertz CT molecular complexity index is 851. The first-order chi connectivity index (χ1) is 12.0. The second kappa shape index (κ2) is 7.53. The van der Waals surface area contributed by atoms with Crippen molar-refractivity contribution in [3.8, 4) is 5.75 Å². The molecule has 2 aromatic carbocycles. The maximum atomic E-state index is 12.3. The fourth-order valence-corrected chi connectivity index (χ4v) is 2.57. The highest BCUT2D eigenvalue weighted by Gasteiger charge is 2.10. The number of nitrogens with zero attached hydrogens (tertiary/aromatic N) is 1. The van der Waals surface area contributed by atoms with Crippen molar-refractivity contribution in [1.82, 2.24) is 5.16 Å². The molecule has 0 atom stereocenters. The Morgan fingerprint density at radius 3 is 2.40 bits per heavy atom. The van der Waals surface area contributed by atoms with Crippen LogP contribution in [0.25, 0.3) is 0 Å². The van der Waals surface area contributed by atoms with Gasteiger partial charge in [-0.2, -0.15) is 0 Å². The van der Waals surface area contributed by atoms with Gasteiger partial charge >= 0.3 is 0 Å². The lowest BCUT2D eigenvalue weighted by atomic mass is 10.2. The summed E-state index contributed by atoms with van der Waals surface area (Å²) in [4.78, 5) is 12.3. The van der Waals surface area contributed by atoms with E-state index >= 15 is 0 Å². The van der Waals surface area contributed by atoms with E-state index in [4.69, 9.17) is 9.26 Å². The number of amides is 1. The fraction of sp³-hybridized carbons (Fsp3) is 0.158. The number of ether oxygens (including phenoxy) is 1. The van der Waals surface area contributed by atoms with Gasteiger partial charge in [0.25, 0.3) is 5.91 Å². The number of carbonyl (C=O) groups excluding carboxylic acids is 1. The van der Waals surface area contributed by atoms with E-state index in [2.05, 4.69) is 26.4 Å². The quantitative estimate of drug-likeness (QED) is 0.662. The average molecular weight is 401 g/mol. The topological polar surface area (TPSA) is 64.4 Å². The van der Waals surface area contributed by atoms with E-state index in [-0.39, 0.29) is 5.91 Å². The summed E-state index contributed by atoms with van der Waals surface area (Å²) in [6.45, 7) is 4.12. The smallest absolute Gasteiger partial charge is 0.255 e. The molecular formula is C19H17BrN2O3. The van der Waals surface area contributed by atoms with Crippen molar-refractivity contribution < 1.29 is 14.1 Å². The molecule has 5 nitrogen and oxygen atoms in total. The summed E-state index contributed by atoms with van der Waals surface area (Å²) in [6, 6.07) is 14.4. The standard InChI is InChI=1S/C19H17BrN2O3/c1-12-18(13(2)25-22-12)11-24-17-9-3-14(4-10-17)19(23)21-16-7-5-15(20)6-8-16/h3-10H,11H2,1-2H3,(H,21,23). The fourth-order valence-electron chi connectivity index (χ4n) is 2.30. The SMILES string of the molecule is Cc1noc(C)c1COc1ccc(C(=O)Nc2ccc(Br)cc2)cc1. The molecule has 3 rings (SSSR count). The summed E-state index contributed by atoms with van der Waals surface area (Å²) in [6.07, 6.45) is 0. The van der Waals surface area contributed by atoms with Crippen molar-refractivity contribution in [2.75, 3.05) is 5.32 Å². The van der Waals surface area contributed by atoms with Crippen LogP contribution in [0.1, 0.15) is 27.4 Å². The number of benzene rings is 2. The van der Waals surface area contributed by atoms with Crippen LogP contribution in [0.3, 0.4) is 0 Å². The Balaban J connectivity index is 1.61. The molecule has 25 heavy (non-hydrogen) atoms. The Kier molecular flexibility index (Phi) is 5.19. The monoisotopic (exact) mass is 400 g/mol. The van der Waals surface area contributed by atoms with E-state index in [0.717, 1.165) is 27.2 Å². The minimum Gasteiger partial charge on any atom is -0.489 e. The van der Waals surface area contributed by atoms with E-state index in [1.54, 1.807) is 24.3 Å². The highest BCUT2D eigenvalue weighted by Crippen LogP contribution is 2.19. The lowest BCUT2D eigenvalue weighted by Crippen LogP contribution is -2.11. The Labute approximate surface area is 154 Å². The molecule has 3 aromatic rings. The van der Waals surface area contributed by atoms with E-state index in [1.807, 2.05) is 38.1 Å². The summed E-state index contributed by atoms with van der Waals surface area (Å²) < 4.78 is 11.8. The number of aromatic nitrogens is 1. The van der Waals surface area contributed by atoms with Gasteiger partial charge in [-0.15, -0.1) is 0 Å². The van der Waals surface area contributed by atoms with Crippen LogP contribution >= 0.6 is 15.9 Å². The van der Waals surface area contributed by atoms with Gasteiger partial charge in [-0.05, 0) is 62.4 Å². The molecule has 0 saturated heterocycles. The van der Waals surface area contributed by atoms with Gasteiger partial charge in [0.1, 0.15) is 18.1 Å². The van der Waals surface area contributed by atoms with Gasteiger partial charge in [-0.25, -0.2) is 0 Å². The highest BCUT2D eigenvalue weighted by atomic mass is 79.9. The van der Waals surface area contributed by atoms with Crippen LogP contribution in [0, 0.1) is 13.8 Å². The normalized spacial score (nSPS) is 10.5. The summed E-state index contributed by atoms with van der Waals surface area (Å²) in [5.74, 6) is 1.27. The summed E-state index contributed by atoms with van der Waals surface area (Å²) >= 11 is 3.37. The van der Waals surface area contributed by atoms with Crippen molar-refractivity contribution in [1.29, 1.82) is 0 Å². The van der Waals surface area contributed by atoms with E-state index in [9.17, 15) is 4.79 Å². The van der Waals surface area contributed by atoms with Crippen LogP contribution in [-0.2, 0) is 6.61 Å². The lowest BCUT2D eigenvalue weighted by molar-refractivity contribution is 0.102. The first-order valence-corrected chi connectivity index (χ1v) is 8.54. The number of hydrogen-bond donors (Lipinski definition) is 1. The molecule has 0 radical (unpaired) electrons. The third-order valence-corrected chi connectivity index (χ3v) is 4.31. The van der Waals surface area contributed by atoms with Crippen molar-refractivity contribution >= 4 is 27.5 Å². The van der Waals surface area contributed by atoms with Crippen LogP contribution in [-0.4, -0.2) is 11.1 Å². The summed E-state index contributed by atoms with van der Waals surface area (Å²) in [7, 11) is 0.